The summed E-state index contributed by atoms with van der Waals surface area (Å²) < 4.78 is 4.99. The lowest BCUT2D eigenvalue weighted by Gasteiger charge is -2.14. The van der Waals surface area contributed by atoms with Gasteiger partial charge in [0.1, 0.15) is 0 Å². The van der Waals surface area contributed by atoms with Crippen molar-refractivity contribution >= 4 is 48.0 Å². The summed E-state index contributed by atoms with van der Waals surface area (Å²) in [6, 6.07) is 10.0. The molecule has 0 saturated heterocycles. The average Bonchev–Trinajstić information content (AvgIpc) is 3.07. The number of nitrogens with one attached hydrogen (secondary N) is 1. The van der Waals surface area contributed by atoms with E-state index < -0.39 is 11.9 Å². The van der Waals surface area contributed by atoms with Gasteiger partial charge in [-0.1, -0.05) is 31.0 Å². The molecule has 1 heterocycles. The molecule has 3 amide bonds. The SMILES string of the molecule is O=C(NCCSCc1ccsn1)N(S)C(=O)c1ccccc1. The minimum Gasteiger partial charge on any atom is -0.336 e. The summed E-state index contributed by atoms with van der Waals surface area (Å²) in [6.45, 7) is 0.465. The largest absolute Gasteiger partial charge is 0.336 e. The summed E-state index contributed by atoms with van der Waals surface area (Å²) in [5.74, 6) is 1.11. The number of amides is 3. The molecule has 5 nitrogen and oxygen atoms in total. The Labute approximate surface area is 142 Å². The van der Waals surface area contributed by atoms with Gasteiger partial charge < -0.3 is 5.32 Å². The third kappa shape index (κ3) is 5.04. The number of imide groups is 1. The third-order valence-electron chi connectivity index (χ3n) is 2.67. The maximum atomic E-state index is 12.0. The molecule has 1 N–H and O–H groups in total. The van der Waals surface area contributed by atoms with Crippen LogP contribution in [0.2, 0.25) is 0 Å². The number of urea groups is 1. The maximum absolute atomic E-state index is 12.0. The molecule has 116 valence electrons. The van der Waals surface area contributed by atoms with Crippen molar-refractivity contribution in [1.29, 1.82) is 0 Å². The zero-order valence-corrected chi connectivity index (χ0v) is 14.2. The van der Waals surface area contributed by atoms with E-state index in [1.807, 2.05) is 11.4 Å². The second kappa shape index (κ2) is 8.82. The van der Waals surface area contributed by atoms with Crippen molar-refractivity contribution in [3.63, 3.8) is 0 Å². The highest BCUT2D eigenvalue weighted by Crippen LogP contribution is 2.11. The second-order valence-electron chi connectivity index (χ2n) is 4.26. The van der Waals surface area contributed by atoms with Gasteiger partial charge in [-0.05, 0) is 29.7 Å². The summed E-state index contributed by atoms with van der Waals surface area (Å²) in [6.07, 6.45) is 0. The Kier molecular flexibility index (Phi) is 6.75. The molecule has 0 unspecified atom stereocenters. The molecule has 2 rings (SSSR count). The van der Waals surface area contributed by atoms with Crippen LogP contribution in [0.5, 0.6) is 0 Å². The first kappa shape index (κ1) is 16.9. The summed E-state index contributed by atoms with van der Waals surface area (Å²) in [7, 11) is 0. The molecule has 0 aliphatic heterocycles. The summed E-state index contributed by atoms with van der Waals surface area (Å²) >= 11 is 7.06. The summed E-state index contributed by atoms with van der Waals surface area (Å²) in [5.41, 5.74) is 1.46. The fourth-order valence-corrected chi connectivity index (χ4v) is 3.16. The smallest absolute Gasteiger partial charge is 0.334 e. The van der Waals surface area contributed by atoms with E-state index in [0.29, 0.717) is 12.1 Å². The van der Waals surface area contributed by atoms with Crippen LogP contribution in [0, 0.1) is 0 Å². The van der Waals surface area contributed by atoms with E-state index in [1.165, 1.54) is 11.5 Å². The molecule has 0 fully saturated rings. The van der Waals surface area contributed by atoms with E-state index in [-0.39, 0.29) is 0 Å². The van der Waals surface area contributed by atoms with Crippen LogP contribution in [0.3, 0.4) is 0 Å². The lowest BCUT2D eigenvalue weighted by Crippen LogP contribution is -2.38. The second-order valence-corrected chi connectivity index (χ2v) is 6.43. The lowest BCUT2D eigenvalue weighted by atomic mass is 10.2. The number of aromatic nitrogens is 1. The van der Waals surface area contributed by atoms with E-state index in [0.717, 1.165) is 21.5 Å². The van der Waals surface area contributed by atoms with Crippen LogP contribution in [0.4, 0.5) is 4.79 Å². The fraction of sp³-hybridized carbons (Fsp3) is 0.214. The first-order valence-electron chi connectivity index (χ1n) is 6.51. The standard InChI is InChI=1S/C14H15N3O2S3/c18-13(11-4-2-1-3-5-11)17(20)14(19)15-7-9-21-10-12-6-8-22-16-12/h1-6,8,20H,7,9-10H2,(H,15,19). The zero-order valence-electron chi connectivity index (χ0n) is 11.6. The van der Waals surface area contributed by atoms with Gasteiger partial charge in [0.05, 0.1) is 5.69 Å². The molecule has 0 aliphatic rings. The van der Waals surface area contributed by atoms with E-state index >= 15 is 0 Å². The van der Waals surface area contributed by atoms with E-state index in [1.54, 1.807) is 42.1 Å². The molecular formula is C14H15N3O2S3. The minimum absolute atomic E-state index is 0.422. The predicted octanol–water partition coefficient (Wildman–Crippen LogP) is 3.07. The van der Waals surface area contributed by atoms with Gasteiger partial charge in [-0.2, -0.15) is 16.1 Å². The van der Waals surface area contributed by atoms with Crippen LogP contribution in [0.15, 0.2) is 41.8 Å². The highest BCUT2D eigenvalue weighted by molar-refractivity contribution is 7.98. The van der Waals surface area contributed by atoms with E-state index in [9.17, 15) is 9.59 Å². The molecule has 2 aromatic rings. The zero-order chi connectivity index (χ0) is 15.8. The third-order valence-corrected chi connectivity index (χ3v) is 4.62. The van der Waals surface area contributed by atoms with Crippen molar-refractivity contribution < 1.29 is 9.59 Å². The number of hydrogen-bond donors (Lipinski definition) is 2. The molecule has 0 radical (unpaired) electrons. The highest BCUT2D eigenvalue weighted by atomic mass is 32.2. The lowest BCUT2D eigenvalue weighted by molar-refractivity contribution is 0.0896. The molecule has 1 aromatic carbocycles. The number of carbonyl (C=O) groups is 2. The number of rotatable bonds is 6. The van der Waals surface area contributed by atoms with Crippen molar-refractivity contribution in [2.45, 2.75) is 5.75 Å². The molecule has 0 bridgehead atoms. The molecule has 0 atom stereocenters. The number of carbonyl (C=O) groups excluding carboxylic acids is 2. The van der Waals surface area contributed by atoms with E-state index in [4.69, 9.17) is 0 Å². The molecule has 8 heteroatoms. The first-order chi connectivity index (χ1) is 10.7. The van der Waals surface area contributed by atoms with Gasteiger partial charge >= 0.3 is 6.03 Å². The Balaban J connectivity index is 1.69. The van der Waals surface area contributed by atoms with Crippen LogP contribution < -0.4 is 5.32 Å². The molecule has 0 aliphatic carbocycles. The van der Waals surface area contributed by atoms with Crippen molar-refractivity contribution in [2.24, 2.45) is 0 Å². The summed E-state index contributed by atoms with van der Waals surface area (Å²) in [5, 5.41) is 4.60. The first-order valence-corrected chi connectivity index (χ1v) is 8.91. The van der Waals surface area contributed by atoms with Crippen molar-refractivity contribution in [3.05, 3.63) is 53.0 Å². The quantitative estimate of drug-likeness (QED) is 0.619. The molecule has 22 heavy (non-hydrogen) atoms. The predicted molar refractivity (Wildman–Crippen MR) is 93.3 cm³/mol. The van der Waals surface area contributed by atoms with Crippen LogP contribution in [0.1, 0.15) is 16.1 Å². The van der Waals surface area contributed by atoms with Crippen molar-refractivity contribution in [2.75, 3.05) is 12.3 Å². The van der Waals surface area contributed by atoms with Gasteiger partial charge in [0.2, 0.25) is 0 Å². The van der Waals surface area contributed by atoms with Gasteiger partial charge in [0.15, 0.2) is 0 Å². The normalized spacial score (nSPS) is 10.2. The minimum atomic E-state index is -0.522. The Hall–Kier alpha value is -1.51. The average molecular weight is 353 g/mol. The van der Waals surface area contributed by atoms with Crippen molar-refractivity contribution in [3.8, 4) is 0 Å². The number of thioether (sulfide) groups is 1. The Bertz CT molecular complexity index is 605. The number of hydrogen-bond acceptors (Lipinski definition) is 6. The summed E-state index contributed by atoms with van der Waals surface area (Å²) in [4.78, 5) is 23.9. The van der Waals surface area contributed by atoms with Gasteiger partial charge in [-0.25, -0.2) is 9.10 Å². The van der Waals surface area contributed by atoms with Gasteiger partial charge in [0, 0.05) is 29.0 Å². The Morgan fingerprint density at radius 1 is 1.27 bits per heavy atom. The number of benzene rings is 1. The molecule has 1 aromatic heterocycles. The molecule has 0 saturated carbocycles. The Morgan fingerprint density at radius 2 is 2.05 bits per heavy atom. The van der Waals surface area contributed by atoms with Crippen molar-refractivity contribution in [1.82, 2.24) is 14.0 Å². The maximum Gasteiger partial charge on any atom is 0.334 e. The monoisotopic (exact) mass is 353 g/mol. The van der Waals surface area contributed by atoms with Gasteiger partial charge in [-0.15, -0.1) is 0 Å². The fourth-order valence-electron chi connectivity index (χ4n) is 1.59. The highest BCUT2D eigenvalue weighted by Gasteiger charge is 2.18. The van der Waals surface area contributed by atoms with Crippen LogP contribution in [-0.2, 0) is 5.75 Å². The van der Waals surface area contributed by atoms with E-state index in [2.05, 4.69) is 22.5 Å². The molecule has 0 spiro atoms. The van der Waals surface area contributed by atoms with Gasteiger partial charge in [0.25, 0.3) is 5.91 Å². The van der Waals surface area contributed by atoms with Crippen LogP contribution >= 0.6 is 36.1 Å². The molecular weight excluding hydrogens is 338 g/mol. The van der Waals surface area contributed by atoms with Crippen LogP contribution in [-0.4, -0.2) is 32.9 Å². The number of nitrogens with zero attached hydrogens (tertiary/aromatic N) is 2. The Morgan fingerprint density at radius 3 is 2.73 bits per heavy atom. The van der Waals surface area contributed by atoms with Crippen LogP contribution in [0.25, 0.3) is 0 Å². The number of thiol groups is 1. The van der Waals surface area contributed by atoms with Gasteiger partial charge in [-0.3, -0.25) is 4.79 Å². The topological polar surface area (TPSA) is 62.3 Å².